The van der Waals surface area contributed by atoms with Crippen molar-refractivity contribution < 1.29 is 33.1 Å². The fourth-order valence-electron chi connectivity index (χ4n) is 5.26. The summed E-state index contributed by atoms with van der Waals surface area (Å²) in [5.74, 6) is -2.21. The summed E-state index contributed by atoms with van der Waals surface area (Å²) in [6.07, 6.45) is 1.48. The van der Waals surface area contributed by atoms with Crippen molar-refractivity contribution >= 4 is 58.2 Å². The Morgan fingerprint density at radius 2 is 1.74 bits per heavy atom. The number of aromatic nitrogens is 1. The van der Waals surface area contributed by atoms with Crippen LogP contribution in [-0.4, -0.2) is 47.2 Å². The van der Waals surface area contributed by atoms with Crippen molar-refractivity contribution in [2.75, 3.05) is 23.9 Å². The van der Waals surface area contributed by atoms with Gasteiger partial charge in [0.1, 0.15) is 23.3 Å². The van der Waals surface area contributed by atoms with Gasteiger partial charge in [0, 0.05) is 5.69 Å². The van der Waals surface area contributed by atoms with Crippen molar-refractivity contribution in [3.63, 3.8) is 0 Å². The van der Waals surface area contributed by atoms with Crippen molar-refractivity contribution in [1.29, 1.82) is 0 Å². The van der Waals surface area contributed by atoms with Crippen LogP contribution in [0.25, 0.3) is 0 Å². The summed E-state index contributed by atoms with van der Waals surface area (Å²) in [6, 6.07) is 16.3. The molecule has 4 heterocycles. The minimum absolute atomic E-state index is 0.247. The molecule has 0 radical (unpaired) electrons. The third-order valence-electron chi connectivity index (χ3n) is 7.21. The third kappa shape index (κ3) is 5.14. The second-order valence-electron chi connectivity index (χ2n) is 9.74. The number of thioether (sulfide) groups is 1. The zero-order valence-corrected chi connectivity index (χ0v) is 24.6. The van der Waals surface area contributed by atoms with Crippen LogP contribution < -0.4 is 19.8 Å². The van der Waals surface area contributed by atoms with Crippen LogP contribution in [0.5, 0.6) is 5.75 Å². The predicted octanol–water partition coefficient (Wildman–Crippen LogP) is 4.12. The number of esters is 1. The first-order chi connectivity index (χ1) is 20.8. The number of nitrogens with zero attached hydrogens (tertiary/aromatic N) is 2. The number of ether oxygens (including phenoxy) is 2. The number of nitrogens with one attached hydrogen (secondary N) is 1. The highest BCUT2D eigenvalue weighted by atomic mass is 32.2. The molecule has 2 aliphatic rings. The van der Waals surface area contributed by atoms with E-state index < -0.39 is 45.6 Å². The molecule has 6 rings (SSSR count). The Labute approximate surface area is 253 Å². The molecule has 0 unspecified atom stereocenters. The van der Waals surface area contributed by atoms with Crippen molar-refractivity contribution in [3.8, 4) is 5.75 Å². The quantitative estimate of drug-likeness (QED) is 0.228. The monoisotopic (exact) mass is 619 g/mol. The largest absolute Gasteiger partial charge is 0.497 e. The summed E-state index contributed by atoms with van der Waals surface area (Å²) in [5.41, 5.74) is 1.19. The molecule has 3 atom stereocenters. The lowest BCUT2D eigenvalue weighted by Crippen LogP contribution is -2.32. The average Bonchev–Trinajstić information content (AvgIpc) is 3.71. The fourth-order valence-corrected chi connectivity index (χ4v) is 8.02. The van der Waals surface area contributed by atoms with Gasteiger partial charge in [-0.05, 0) is 67.6 Å². The second-order valence-corrected chi connectivity index (χ2v) is 11.9. The molecule has 1 N–H and O–H groups in total. The van der Waals surface area contributed by atoms with Gasteiger partial charge in [-0.25, -0.2) is 9.69 Å². The molecular formula is C30H25N3O8S2. The van der Waals surface area contributed by atoms with E-state index in [-0.39, 0.29) is 13.2 Å². The summed E-state index contributed by atoms with van der Waals surface area (Å²) in [5, 5.41) is 2.35. The van der Waals surface area contributed by atoms with Crippen LogP contribution in [0.1, 0.15) is 33.8 Å². The van der Waals surface area contributed by atoms with Crippen LogP contribution in [0, 0.1) is 5.92 Å². The smallest absolute Gasteiger partial charge is 0.338 e. The molecule has 0 spiro atoms. The molecule has 220 valence electrons. The van der Waals surface area contributed by atoms with E-state index in [1.165, 1.54) is 35.0 Å². The first-order valence-corrected chi connectivity index (χ1v) is 15.0. The molecule has 1 saturated heterocycles. The van der Waals surface area contributed by atoms with Crippen LogP contribution >= 0.6 is 23.1 Å². The Morgan fingerprint density at radius 3 is 2.40 bits per heavy atom. The fraction of sp³-hybridized carbons (Fsp3) is 0.233. The summed E-state index contributed by atoms with van der Waals surface area (Å²) in [6.45, 7) is 1.64. The Bertz CT molecular complexity index is 1760. The van der Waals surface area contributed by atoms with E-state index in [1.807, 2.05) is 0 Å². The summed E-state index contributed by atoms with van der Waals surface area (Å²) in [7, 11) is 1.53. The number of benzene rings is 2. The van der Waals surface area contributed by atoms with E-state index in [4.69, 9.17) is 13.9 Å². The lowest BCUT2D eigenvalue weighted by molar-refractivity contribution is -0.122. The Morgan fingerprint density at radius 1 is 1.00 bits per heavy atom. The number of imide groups is 1. The predicted molar refractivity (Wildman–Crippen MR) is 159 cm³/mol. The average molecular weight is 620 g/mol. The topological polar surface area (TPSA) is 137 Å². The molecule has 2 aromatic heterocycles. The normalized spacial score (nSPS) is 19.1. The van der Waals surface area contributed by atoms with Crippen LogP contribution in [0.2, 0.25) is 0 Å². The van der Waals surface area contributed by atoms with Gasteiger partial charge in [-0.15, -0.1) is 0 Å². The standard InChI is InChI=1S/C30H25N3O8S2/c1-3-40-29(37)16-6-8-17(9-7-16)31-21(34)15-32-28-25(43-30(32)38)22(20-5-4-14-41-20)23-24(42-28)27(36)33(26(23)35)18-10-12-19(39-2)13-11-18/h4-14,22-24H,3,15H2,1-2H3,(H,31,34)/t22-,23-,24+/m0/s1. The Hall–Kier alpha value is -4.62. The number of rotatable bonds is 8. The van der Waals surface area contributed by atoms with Gasteiger partial charge in [0.15, 0.2) is 0 Å². The van der Waals surface area contributed by atoms with Crippen molar-refractivity contribution in [3.05, 3.63) is 92.8 Å². The van der Waals surface area contributed by atoms with Crippen LogP contribution in [0.4, 0.5) is 11.4 Å². The molecule has 1 fully saturated rings. The molecule has 13 heteroatoms. The Kier molecular flexibility index (Phi) is 7.67. The molecular weight excluding hydrogens is 594 g/mol. The van der Waals surface area contributed by atoms with E-state index in [2.05, 4.69) is 5.32 Å². The number of amides is 3. The third-order valence-corrected chi connectivity index (χ3v) is 9.81. The molecule has 3 amide bonds. The number of carbonyl (C=O) groups excluding carboxylic acids is 4. The number of carbonyl (C=O) groups is 4. The minimum atomic E-state index is -0.837. The van der Waals surface area contributed by atoms with E-state index in [1.54, 1.807) is 55.5 Å². The number of anilines is 2. The highest BCUT2D eigenvalue weighted by molar-refractivity contribution is 8.00. The van der Waals surface area contributed by atoms with Crippen LogP contribution in [0.3, 0.4) is 0 Å². The van der Waals surface area contributed by atoms with E-state index in [0.29, 0.717) is 38.4 Å². The number of thiazole rings is 1. The van der Waals surface area contributed by atoms with Gasteiger partial charge >= 0.3 is 10.8 Å². The lowest BCUT2D eigenvalue weighted by Gasteiger charge is -2.29. The minimum Gasteiger partial charge on any atom is -0.497 e. The summed E-state index contributed by atoms with van der Waals surface area (Å²) >= 11 is 2.05. The van der Waals surface area contributed by atoms with E-state index in [9.17, 15) is 24.0 Å². The van der Waals surface area contributed by atoms with Gasteiger partial charge in [0.05, 0.1) is 53.0 Å². The van der Waals surface area contributed by atoms with Gasteiger partial charge < -0.3 is 19.2 Å². The van der Waals surface area contributed by atoms with Crippen molar-refractivity contribution in [2.24, 2.45) is 5.92 Å². The molecule has 2 aromatic carbocycles. The van der Waals surface area contributed by atoms with Gasteiger partial charge in [-0.2, -0.15) is 0 Å². The molecule has 0 saturated carbocycles. The lowest BCUT2D eigenvalue weighted by atomic mass is 9.87. The zero-order chi connectivity index (χ0) is 30.2. The van der Waals surface area contributed by atoms with Crippen LogP contribution in [0.15, 0.2) is 81.2 Å². The van der Waals surface area contributed by atoms with Crippen molar-refractivity contribution in [1.82, 2.24) is 4.57 Å². The number of furan rings is 1. The maximum absolute atomic E-state index is 13.8. The molecule has 4 aromatic rings. The van der Waals surface area contributed by atoms with Crippen LogP contribution in [-0.2, 0) is 25.7 Å². The van der Waals surface area contributed by atoms with Gasteiger partial charge in [-0.1, -0.05) is 23.1 Å². The molecule has 0 bridgehead atoms. The number of hydrogen-bond donors (Lipinski definition) is 1. The van der Waals surface area contributed by atoms with Gasteiger partial charge in [0.2, 0.25) is 17.7 Å². The summed E-state index contributed by atoms with van der Waals surface area (Å²) < 4.78 is 17.2. The van der Waals surface area contributed by atoms with E-state index in [0.717, 1.165) is 23.1 Å². The highest BCUT2D eigenvalue weighted by Gasteiger charge is 2.57. The molecule has 0 aliphatic carbocycles. The SMILES string of the molecule is CCOC(=O)c1ccc(NC(=O)Cn2c3c(sc2=O)[C@@H](c2ccco2)[C@@H]2C(=O)N(c4ccc(OC)cc4)C(=O)[C@@H]2S3)cc1. The highest BCUT2D eigenvalue weighted by Crippen LogP contribution is 2.54. The first-order valence-electron chi connectivity index (χ1n) is 13.3. The maximum atomic E-state index is 13.8. The Balaban J connectivity index is 1.30. The number of hydrogen-bond acceptors (Lipinski definition) is 10. The zero-order valence-electron chi connectivity index (χ0n) is 23.0. The second kappa shape index (κ2) is 11.6. The molecule has 43 heavy (non-hydrogen) atoms. The van der Waals surface area contributed by atoms with Crippen molar-refractivity contribution in [2.45, 2.75) is 29.7 Å². The van der Waals surface area contributed by atoms with Gasteiger partial charge in [0.25, 0.3) is 0 Å². The molecule has 2 aliphatic heterocycles. The maximum Gasteiger partial charge on any atom is 0.338 e. The number of methoxy groups -OCH3 is 1. The number of fused-ring (bicyclic) bond motifs is 2. The molecule has 11 nitrogen and oxygen atoms in total. The van der Waals surface area contributed by atoms with E-state index >= 15 is 0 Å². The summed E-state index contributed by atoms with van der Waals surface area (Å²) in [4.78, 5) is 67.1. The first kappa shape index (κ1) is 28.5. The van der Waals surface area contributed by atoms with Gasteiger partial charge in [-0.3, -0.25) is 23.7 Å².